The number of ether oxygens (including phenoxy) is 2. The van der Waals surface area contributed by atoms with E-state index < -0.39 is 5.97 Å². The molecule has 0 aliphatic rings. The predicted molar refractivity (Wildman–Crippen MR) is 72.9 cm³/mol. The number of carbonyl (C=O) groups excluding carboxylic acids is 2. The van der Waals surface area contributed by atoms with E-state index in [0.29, 0.717) is 17.0 Å². The molecular weight excluding hydrogens is 262 g/mol. The number of rotatable bonds is 5. The predicted octanol–water partition coefficient (Wildman–Crippen LogP) is 1.84. The number of aromatic hydroxyl groups is 1. The van der Waals surface area contributed by atoms with Crippen LogP contribution < -0.4 is 4.74 Å². The van der Waals surface area contributed by atoms with Gasteiger partial charge in [0.15, 0.2) is 0 Å². The second-order valence-electron chi connectivity index (χ2n) is 4.19. The van der Waals surface area contributed by atoms with Crippen molar-refractivity contribution in [1.82, 2.24) is 0 Å². The van der Waals surface area contributed by atoms with Gasteiger partial charge in [-0.2, -0.15) is 0 Å². The number of nitrogens with zero attached hydrogens (tertiary/aromatic N) is 1. The van der Waals surface area contributed by atoms with Crippen molar-refractivity contribution >= 4 is 17.7 Å². The lowest BCUT2D eigenvalue weighted by Crippen LogP contribution is -2.07. The highest BCUT2D eigenvalue weighted by atomic mass is 16.5. The van der Waals surface area contributed by atoms with E-state index in [0.717, 1.165) is 0 Å². The van der Waals surface area contributed by atoms with Gasteiger partial charge in [0.25, 0.3) is 0 Å². The van der Waals surface area contributed by atoms with Crippen LogP contribution in [0.3, 0.4) is 0 Å². The summed E-state index contributed by atoms with van der Waals surface area (Å²) in [5.74, 6) is -0.434. The molecular formula is C14H17NO5. The molecule has 0 radical (unpaired) electrons. The first-order valence-corrected chi connectivity index (χ1v) is 5.99. The molecule has 6 heteroatoms. The van der Waals surface area contributed by atoms with E-state index in [-0.39, 0.29) is 24.7 Å². The van der Waals surface area contributed by atoms with Crippen molar-refractivity contribution in [3.8, 4) is 11.5 Å². The summed E-state index contributed by atoms with van der Waals surface area (Å²) in [6, 6.07) is 4.39. The summed E-state index contributed by atoms with van der Waals surface area (Å²) >= 11 is 0. The second-order valence-corrected chi connectivity index (χ2v) is 4.19. The van der Waals surface area contributed by atoms with E-state index in [1.807, 2.05) is 0 Å². The van der Waals surface area contributed by atoms with Gasteiger partial charge in [-0.25, -0.2) is 0 Å². The molecule has 0 unspecified atom stereocenters. The van der Waals surface area contributed by atoms with Gasteiger partial charge in [0, 0.05) is 18.2 Å². The van der Waals surface area contributed by atoms with Crippen LogP contribution >= 0.6 is 0 Å². The summed E-state index contributed by atoms with van der Waals surface area (Å²) in [5.41, 5.74) is 1.15. The minimum absolute atomic E-state index is 0.0525. The van der Waals surface area contributed by atoms with E-state index in [9.17, 15) is 14.7 Å². The van der Waals surface area contributed by atoms with Gasteiger partial charge in [-0.1, -0.05) is 0 Å². The van der Waals surface area contributed by atoms with E-state index in [4.69, 9.17) is 4.74 Å². The minimum Gasteiger partial charge on any atom is -0.508 e. The lowest BCUT2D eigenvalue weighted by Gasteiger charge is -2.08. The van der Waals surface area contributed by atoms with Crippen molar-refractivity contribution in [1.29, 1.82) is 0 Å². The first-order valence-electron chi connectivity index (χ1n) is 5.99. The molecule has 1 aromatic carbocycles. The highest BCUT2D eigenvalue weighted by Gasteiger charge is 2.08. The number of benzene rings is 1. The summed E-state index contributed by atoms with van der Waals surface area (Å²) < 4.78 is 9.56. The average Bonchev–Trinajstić information content (AvgIpc) is 2.38. The van der Waals surface area contributed by atoms with Gasteiger partial charge in [0.05, 0.1) is 20.1 Å². The van der Waals surface area contributed by atoms with Crippen molar-refractivity contribution in [2.75, 3.05) is 7.11 Å². The number of hydrogen-bond acceptors (Lipinski definition) is 6. The number of esters is 2. The highest BCUT2D eigenvalue weighted by molar-refractivity contribution is 5.97. The Hall–Kier alpha value is -2.37. The van der Waals surface area contributed by atoms with Crippen molar-refractivity contribution in [2.45, 2.75) is 26.8 Å². The van der Waals surface area contributed by atoms with Crippen LogP contribution in [0.4, 0.5) is 0 Å². The molecule has 0 heterocycles. The summed E-state index contributed by atoms with van der Waals surface area (Å²) in [6.07, 6.45) is 0.0955. The van der Waals surface area contributed by atoms with Crippen LogP contribution in [0.5, 0.6) is 11.5 Å². The smallest absolute Gasteiger partial charge is 0.311 e. The molecule has 0 amide bonds. The minimum atomic E-state index is -0.452. The number of phenolic OH excluding ortho intramolecular Hbond substituents is 1. The van der Waals surface area contributed by atoms with Crippen LogP contribution in [-0.2, 0) is 20.9 Å². The van der Waals surface area contributed by atoms with E-state index in [1.165, 1.54) is 32.2 Å². The molecule has 108 valence electrons. The number of hydrogen-bond donors (Lipinski definition) is 1. The van der Waals surface area contributed by atoms with Crippen molar-refractivity contribution in [3.05, 3.63) is 23.8 Å². The van der Waals surface area contributed by atoms with Crippen molar-refractivity contribution in [3.63, 3.8) is 0 Å². The Morgan fingerprint density at radius 2 is 2.00 bits per heavy atom. The zero-order chi connectivity index (χ0) is 15.1. The Labute approximate surface area is 117 Å². The highest BCUT2D eigenvalue weighted by Crippen LogP contribution is 2.24. The van der Waals surface area contributed by atoms with Crippen LogP contribution in [0.1, 0.15) is 25.8 Å². The van der Waals surface area contributed by atoms with Gasteiger partial charge in [0.1, 0.15) is 11.5 Å². The molecule has 1 N–H and O–H groups in total. The molecule has 0 saturated heterocycles. The molecule has 1 aromatic rings. The first-order chi connectivity index (χ1) is 9.42. The number of carbonyl (C=O) groups is 2. The standard InChI is InChI=1S/C14H17NO5/c1-9(6-14(18)19-3)15-8-11-7-12(17)4-5-13(11)20-10(2)16/h4-5,7,17H,6,8H2,1-3H3. The normalized spacial score (nSPS) is 11.1. The fourth-order valence-electron chi connectivity index (χ4n) is 1.50. The Balaban J connectivity index is 2.85. The Bertz CT molecular complexity index is 536. The monoisotopic (exact) mass is 279 g/mol. The van der Waals surface area contributed by atoms with Crippen LogP contribution in [0.15, 0.2) is 23.2 Å². The third-order valence-electron chi connectivity index (χ3n) is 2.44. The van der Waals surface area contributed by atoms with Crippen LogP contribution in [0, 0.1) is 0 Å². The Morgan fingerprint density at radius 3 is 2.60 bits per heavy atom. The first kappa shape index (κ1) is 15.7. The molecule has 0 aromatic heterocycles. The zero-order valence-corrected chi connectivity index (χ0v) is 11.7. The third-order valence-corrected chi connectivity index (χ3v) is 2.44. The van der Waals surface area contributed by atoms with Gasteiger partial charge in [-0.3, -0.25) is 14.6 Å². The average molecular weight is 279 g/mol. The Kier molecular flexibility index (Phi) is 5.71. The number of phenols is 1. The van der Waals surface area contributed by atoms with E-state index >= 15 is 0 Å². The molecule has 20 heavy (non-hydrogen) atoms. The molecule has 0 aliphatic heterocycles. The van der Waals surface area contributed by atoms with Gasteiger partial charge < -0.3 is 14.6 Å². The summed E-state index contributed by atoms with van der Waals surface area (Å²) in [6.45, 7) is 3.19. The summed E-state index contributed by atoms with van der Waals surface area (Å²) in [5, 5.41) is 9.46. The maximum absolute atomic E-state index is 11.1. The van der Waals surface area contributed by atoms with Gasteiger partial charge >= 0.3 is 11.9 Å². The molecule has 0 aliphatic carbocycles. The SMILES string of the molecule is COC(=O)CC(C)=NCc1cc(O)ccc1OC(C)=O. The van der Waals surface area contributed by atoms with Gasteiger partial charge in [-0.05, 0) is 25.1 Å². The maximum atomic E-state index is 11.1. The largest absolute Gasteiger partial charge is 0.508 e. The van der Waals surface area contributed by atoms with E-state index in [1.54, 1.807) is 6.92 Å². The fourth-order valence-corrected chi connectivity index (χ4v) is 1.50. The number of aliphatic imine (C=N–C) groups is 1. The maximum Gasteiger partial charge on any atom is 0.311 e. The lowest BCUT2D eigenvalue weighted by molar-refractivity contribution is -0.139. The quantitative estimate of drug-likeness (QED) is 0.505. The lowest BCUT2D eigenvalue weighted by atomic mass is 10.2. The summed E-state index contributed by atoms with van der Waals surface area (Å²) in [4.78, 5) is 26.3. The summed E-state index contributed by atoms with van der Waals surface area (Å²) in [7, 11) is 1.31. The molecule has 0 saturated carbocycles. The molecule has 0 bridgehead atoms. The van der Waals surface area contributed by atoms with Crippen LogP contribution in [0.25, 0.3) is 0 Å². The third kappa shape index (κ3) is 5.09. The second kappa shape index (κ2) is 7.28. The fraction of sp³-hybridized carbons (Fsp3) is 0.357. The van der Waals surface area contributed by atoms with Crippen LogP contribution in [0.2, 0.25) is 0 Å². The van der Waals surface area contributed by atoms with Crippen molar-refractivity contribution in [2.24, 2.45) is 4.99 Å². The molecule has 1 rings (SSSR count). The van der Waals surface area contributed by atoms with Gasteiger partial charge in [0.2, 0.25) is 0 Å². The number of methoxy groups -OCH3 is 1. The van der Waals surface area contributed by atoms with Crippen molar-refractivity contribution < 1.29 is 24.2 Å². The zero-order valence-electron chi connectivity index (χ0n) is 11.7. The topological polar surface area (TPSA) is 85.2 Å². The molecule has 0 atom stereocenters. The molecule has 0 fully saturated rings. The van der Waals surface area contributed by atoms with Gasteiger partial charge in [-0.15, -0.1) is 0 Å². The van der Waals surface area contributed by atoms with Crippen LogP contribution in [-0.4, -0.2) is 29.9 Å². The Morgan fingerprint density at radius 1 is 1.30 bits per heavy atom. The molecule has 0 spiro atoms. The molecule has 6 nitrogen and oxygen atoms in total. The van der Waals surface area contributed by atoms with E-state index in [2.05, 4.69) is 9.73 Å².